The van der Waals surface area contributed by atoms with Gasteiger partial charge < -0.3 is 10.2 Å². The highest BCUT2D eigenvalue weighted by molar-refractivity contribution is 6.36. The number of amides is 1. The lowest BCUT2D eigenvalue weighted by atomic mass is 9.78. The number of nitrogens with zero attached hydrogens (tertiary/aromatic N) is 2. The fourth-order valence-corrected chi connectivity index (χ4v) is 5.29. The molecule has 0 saturated heterocycles. The molecule has 0 spiro atoms. The summed E-state index contributed by atoms with van der Waals surface area (Å²) in [7, 11) is 0. The van der Waals surface area contributed by atoms with Crippen molar-refractivity contribution in [2.75, 3.05) is 10.2 Å². The van der Waals surface area contributed by atoms with Gasteiger partial charge >= 0.3 is 0 Å². The fraction of sp³-hybridized carbons (Fsp3) is 0.385. The van der Waals surface area contributed by atoms with E-state index in [1.807, 2.05) is 13.0 Å². The van der Waals surface area contributed by atoms with Crippen LogP contribution in [0.25, 0.3) is 6.08 Å². The summed E-state index contributed by atoms with van der Waals surface area (Å²) in [6.07, 6.45) is 2.69. The summed E-state index contributed by atoms with van der Waals surface area (Å²) >= 11 is 12.1. The van der Waals surface area contributed by atoms with Gasteiger partial charge in [-0.05, 0) is 100 Å². The molecule has 1 aliphatic heterocycles. The molecule has 2 aromatic rings. The van der Waals surface area contributed by atoms with Crippen molar-refractivity contribution in [1.29, 1.82) is 5.26 Å². The zero-order valence-electron chi connectivity index (χ0n) is 19.4. The van der Waals surface area contributed by atoms with Crippen molar-refractivity contribution in [3.8, 4) is 6.07 Å². The molecule has 3 rings (SSSR count). The summed E-state index contributed by atoms with van der Waals surface area (Å²) in [5.41, 5.74) is 4.84. The molecule has 1 aliphatic rings. The zero-order valence-corrected chi connectivity index (χ0v) is 20.9. The second-order valence-corrected chi connectivity index (χ2v) is 10.2. The van der Waals surface area contributed by atoms with Gasteiger partial charge in [-0.3, -0.25) is 4.79 Å². The van der Waals surface area contributed by atoms with Crippen molar-refractivity contribution in [1.82, 2.24) is 0 Å². The molecule has 0 aliphatic carbocycles. The van der Waals surface area contributed by atoms with E-state index in [0.29, 0.717) is 27.7 Å². The number of rotatable bonds is 4. The molecule has 6 heteroatoms. The quantitative estimate of drug-likeness (QED) is 0.376. The minimum Gasteiger partial charge on any atom is -0.364 e. The van der Waals surface area contributed by atoms with E-state index in [2.05, 4.69) is 57.0 Å². The number of anilines is 2. The molecule has 0 aromatic heterocycles. The number of nitrogens with one attached hydrogen (secondary N) is 1. The van der Waals surface area contributed by atoms with E-state index >= 15 is 0 Å². The van der Waals surface area contributed by atoms with Crippen molar-refractivity contribution in [2.45, 2.75) is 65.5 Å². The maximum absolute atomic E-state index is 12.8. The number of halogens is 2. The lowest BCUT2D eigenvalue weighted by Crippen LogP contribution is -2.51. The average Bonchev–Trinajstić information content (AvgIpc) is 2.67. The second kappa shape index (κ2) is 9.17. The Balaban J connectivity index is 1.99. The molecular weight excluding hydrogens is 441 g/mol. The highest BCUT2D eigenvalue weighted by atomic mass is 35.5. The number of aryl methyl sites for hydroxylation is 1. The Kier molecular flexibility index (Phi) is 6.93. The van der Waals surface area contributed by atoms with Gasteiger partial charge in [0.15, 0.2) is 0 Å². The van der Waals surface area contributed by atoms with Crippen molar-refractivity contribution >= 4 is 46.6 Å². The Hall–Kier alpha value is -2.48. The number of fused-ring (bicyclic) bond motifs is 1. The molecule has 32 heavy (non-hydrogen) atoms. The van der Waals surface area contributed by atoms with Crippen molar-refractivity contribution in [2.24, 2.45) is 0 Å². The molecule has 1 atom stereocenters. The third kappa shape index (κ3) is 4.80. The minimum atomic E-state index is -0.508. The zero-order chi connectivity index (χ0) is 23.8. The first-order valence-electron chi connectivity index (χ1n) is 10.8. The van der Waals surface area contributed by atoms with Crippen LogP contribution in [0.1, 0.15) is 63.6 Å². The SMILES string of the molecule is Cc1cc2c(cc1/C=C(/C#N)C(=O)Nc1ccc(Cl)cc1Cl)[C@@H](C)CC(C)(C)N2C(C)C. The molecule has 0 saturated carbocycles. The first-order chi connectivity index (χ1) is 14.9. The predicted molar refractivity (Wildman–Crippen MR) is 135 cm³/mol. The summed E-state index contributed by atoms with van der Waals surface area (Å²) in [6, 6.07) is 11.5. The van der Waals surface area contributed by atoms with E-state index in [0.717, 1.165) is 17.5 Å². The van der Waals surface area contributed by atoms with Crippen LogP contribution in [0.2, 0.25) is 10.0 Å². The van der Waals surface area contributed by atoms with Crippen LogP contribution in [0, 0.1) is 18.3 Å². The maximum Gasteiger partial charge on any atom is 0.266 e. The Bertz CT molecular complexity index is 1130. The lowest BCUT2D eigenvalue weighted by Gasteiger charge is -2.50. The molecule has 1 N–H and O–H groups in total. The molecule has 168 valence electrons. The molecule has 0 unspecified atom stereocenters. The largest absolute Gasteiger partial charge is 0.364 e. The highest BCUT2D eigenvalue weighted by Gasteiger charge is 2.37. The summed E-state index contributed by atoms with van der Waals surface area (Å²) < 4.78 is 0. The van der Waals surface area contributed by atoms with Crippen LogP contribution in [0.15, 0.2) is 35.9 Å². The van der Waals surface area contributed by atoms with Crippen LogP contribution in [-0.2, 0) is 4.79 Å². The molecule has 4 nitrogen and oxygen atoms in total. The Morgan fingerprint density at radius 3 is 2.56 bits per heavy atom. The lowest BCUT2D eigenvalue weighted by molar-refractivity contribution is -0.112. The van der Waals surface area contributed by atoms with Crippen molar-refractivity contribution in [3.05, 3.63) is 62.6 Å². The molecular formula is C26H29Cl2N3O. The van der Waals surface area contributed by atoms with Crippen LogP contribution in [0.3, 0.4) is 0 Å². The van der Waals surface area contributed by atoms with Gasteiger partial charge in [0, 0.05) is 22.3 Å². The Morgan fingerprint density at radius 1 is 1.28 bits per heavy atom. The van der Waals surface area contributed by atoms with E-state index in [1.54, 1.807) is 24.3 Å². The van der Waals surface area contributed by atoms with Gasteiger partial charge in [0.2, 0.25) is 0 Å². The molecule has 0 radical (unpaired) electrons. The third-order valence-corrected chi connectivity index (χ3v) is 6.57. The predicted octanol–water partition coefficient (Wildman–Crippen LogP) is 7.35. The van der Waals surface area contributed by atoms with Gasteiger partial charge in [0.05, 0.1) is 10.7 Å². The van der Waals surface area contributed by atoms with E-state index in [-0.39, 0.29) is 11.1 Å². The average molecular weight is 470 g/mol. The monoisotopic (exact) mass is 469 g/mol. The van der Waals surface area contributed by atoms with Crippen LogP contribution >= 0.6 is 23.2 Å². The van der Waals surface area contributed by atoms with Crippen LogP contribution in [-0.4, -0.2) is 17.5 Å². The first kappa shape index (κ1) is 24.2. The summed E-state index contributed by atoms with van der Waals surface area (Å²) in [6.45, 7) is 13.3. The highest BCUT2D eigenvalue weighted by Crippen LogP contribution is 2.45. The van der Waals surface area contributed by atoms with Gasteiger partial charge in [0.1, 0.15) is 11.6 Å². The van der Waals surface area contributed by atoms with Gasteiger partial charge in [-0.2, -0.15) is 5.26 Å². The van der Waals surface area contributed by atoms with Gasteiger partial charge in [-0.1, -0.05) is 30.1 Å². The minimum absolute atomic E-state index is 0.0172. The normalized spacial score (nSPS) is 17.7. The standard InChI is InChI=1S/C26H29Cl2N3O/c1-15(2)31-24-9-16(3)18(11-21(24)17(4)13-26(31,5)6)10-19(14-29)25(32)30-23-8-7-20(27)12-22(23)28/h7-12,15,17H,13H2,1-6H3,(H,30,32)/b19-10-/t17-/m0/s1. The van der Waals surface area contributed by atoms with E-state index in [1.165, 1.54) is 11.3 Å². The number of hydrogen-bond acceptors (Lipinski definition) is 3. The topological polar surface area (TPSA) is 56.1 Å². The van der Waals surface area contributed by atoms with Gasteiger partial charge in [0.25, 0.3) is 5.91 Å². The number of carbonyl (C=O) groups excluding carboxylic acids is 1. The van der Waals surface area contributed by atoms with Gasteiger partial charge in [-0.25, -0.2) is 0 Å². The maximum atomic E-state index is 12.8. The summed E-state index contributed by atoms with van der Waals surface area (Å²) in [5, 5.41) is 13.2. The molecule has 0 bridgehead atoms. The number of benzene rings is 2. The third-order valence-electron chi connectivity index (χ3n) is 6.02. The number of hydrogen-bond donors (Lipinski definition) is 1. The van der Waals surface area contributed by atoms with Crippen molar-refractivity contribution in [3.63, 3.8) is 0 Å². The second-order valence-electron chi connectivity index (χ2n) is 9.40. The van der Waals surface area contributed by atoms with E-state index in [9.17, 15) is 10.1 Å². The fourth-order valence-electron chi connectivity index (χ4n) is 4.83. The smallest absolute Gasteiger partial charge is 0.266 e. The van der Waals surface area contributed by atoms with Crippen LogP contribution in [0.4, 0.5) is 11.4 Å². The van der Waals surface area contributed by atoms with Crippen LogP contribution < -0.4 is 10.2 Å². The first-order valence-corrected chi connectivity index (χ1v) is 11.5. The Morgan fingerprint density at radius 2 is 1.97 bits per heavy atom. The molecule has 2 aromatic carbocycles. The van der Waals surface area contributed by atoms with E-state index in [4.69, 9.17) is 23.2 Å². The Labute approximate surface area is 200 Å². The molecule has 1 amide bonds. The summed E-state index contributed by atoms with van der Waals surface area (Å²) in [5.74, 6) is -0.137. The summed E-state index contributed by atoms with van der Waals surface area (Å²) in [4.78, 5) is 15.2. The van der Waals surface area contributed by atoms with Gasteiger partial charge in [-0.15, -0.1) is 0 Å². The molecule has 0 fully saturated rings. The van der Waals surface area contributed by atoms with E-state index < -0.39 is 5.91 Å². The van der Waals surface area contributed by atoms with Crippen molar-refractivity contribution < 1.29 is 4.79 Å². The molecule has 1 heterocycles. The van der Waals surface area contributed by atoms with Crippen LogP contribution in [0.5, 0.6) is 0 Å². The number of carbonyl (C=O) groups is 1. The number of nitriles is 1.